The first-order chi connectivity index (χ1) is 32.5. The Morgan fingerprint density at radius 2 is 0.848 bits per heavy atom. The van der Waals surface area contributed by atoms with Crippen molar-refractivity contribution in [1.82, 2.24) is 0 Å². The summed E-state index contributed by atoms with van der Waals surface area (Å²) in [5.41, 5.74) is 25.5. The molecular weight excluding hydrogens is 799 g/mol. The zero-order chi connectivity index (χ0) is 43.7. The van der Waals surface area contributed by atoms with Crippen molar-refractivity contribution in [1.29, 1.82) is 0 Å². The second-order valence-electron chi connectivity index (χ2n) is 18.7. The van der Waals surface area contributed by atoms with Gasteiger partial charge in [-0.15, -0.1) is 0 Å². The average molecular weight is 842 g/mol. The molecule has 0 fully saturated rings. The van der Waals surface area contributed by atoms with Gasteiger partial charge < -0.3 is 9.32 Å². The molecule has 0 unspecified atom stereocenters. The predicted octanol–water partition coefficient (Wildman–Crippen LogP) is 17.0. The molecule has 1 spiro atoms. The molecule has 3 aliphatic rings. The Hall–Kier alpha value is -8.20. The highest BCUT2D eigenvalue weighted by Gasteiger charge is 2.53. The first-order valence-corrected chi connectivity index (χ1v) is 23.1. The summed E-state index contributed by atoms with van der Waals surface area (Å²) in [4.78, 5) is 2.33. The molecule has 14 rings (SSSR count). The third-order valence-electron chi connectivity index (χ3n) is 15.1. The van der Waals surface area contributed by atoms with Gasteiger partial charge in [-0.3, -0.25) is 0 Å². The Kier molecular flexibility index (Phi) is 7.70. The summed E-state index contributed by atoms with van der Waals surface area (Å²) in [5, 5.41) is 2.23. The van der Waals surface area contributed by atoms with Gasteiger partial charge in [0.2, 0.25) is 0 Å². The lowest BCUT2D eigenvalue weighted by Crippen LogP contribution is -2.26. The lowest BCUT2D eigenvalue weighted by Gasteiger charge is -2.31. The molecule has 0 saturated carbocycles. The molecule has 2 heteroatoms. The number of para-hydroxylation sites is 2. The van der Waals surface area contributed by atoms with E-state index in [4.69, 9.17) is 4.42 Å². The van der Waals surface area contributed by atoms with Crippen LogP contribution in [0.2, 0.25) is 0 Å². The quantitative estimate of drug-likeness (QED) is 0.172. The van der Waals surface area contributed by atoms with Crippen LogP contribution in [0.15, 0.2) is 229 Å². The van der Waals surface area contributed by atoms with E-state index in [-0.39, 0.29) is 10.8 Å². The number of hydrogen-bond donors (Lipinski definition) is 0. The van der Waals surface area contributed by atoms with Crippen LogP contribution in [-0.4, -0.2) is 0 Å². The molecule has 0 bridgehead atoms. The van der Waals surface area contributed by atoms with Gasteiger partial charge >= 0.3 is 0 Å². The van der Waals surface area contributed by atoms with Crippen molar-refractivity contribution in [2.45, 2.75) is 24.7 Å². The van der Waals surface area contributed by atoms with Crippen molar-refractivity contribution in [2.75, 3.05) is 4.90 Å². The summed E-state index contributed by atoms with van der Waals surface area (Å²) in [6.07, 6.45) is 0. The van der Waals surface area contributed by atoms with Crippen LogP contribution in [0.3, 0.4) is 0 Å². The monoisotopic (exact) mass is 841 g/mol. The van der Waals surface area contributed by atoms with Crippen molar-refractivity contribution in [3.05, 3.63) is 258 Å². The minimum Gasteiger partial charge on any atom is -0.454 e. The molecule has 0 atom stereocenters. The number of hydrogen-bond acceptors (Lipinski definition) is 2. The molecule has 2 nitrogen and oxygen atoms in total. The summed E-state index contributed by atoms with van der Waals surface area (Å²) in [6.45, 7) is 4.82. The Labute approximate surface area is 384 Å². The summed E-state index contributed by atoms with van der Waals surface area (Å²) < 4.78 is 6.65. The van der Waals surface area contributed by atoms with Gasteiger partial charge in [-0.05, 0) is 131 Å². The molecule has 11 aromatic rings. The summed E-state index contributed by atoms with van der Waals surface area (Å²) in [6, 6.07) is 82.8. The van der Waals surface area contributed by atoms with Crippen LogP contribution in [0.4, 0.5) is 17.1 Å². The normalized spacial score (nSPS) is 14.2. The fourth-order valence-corrected chi connectivity index (χ4v) is 12.2. The maximum atomic E-state index is 6.65. The van der Waals surface area contributed by atoms with E-state index in [9.17, 15) is 0 Å². The second kappa shape index (κ2) is 13.7. The van der Waals surface area contributed by atoms with Gasteiger partial charge in [-0.25, -0.2) is 0 Å². The summed E-state index contributed by atoms with van der Waals surface area (Å²) in [5.74, 6) is 0. The lowest BCUT2D eigenvalue weighted by molar-refractivity contribution is 0.660. The maximum Gasteiger partial charge on any atom is 0.159 e. The topological polar surface area (TPSA) is 16.4 Å². The molecule has 0 radical (unpaired) electrons. The van der Waals surface area contributed by atoms with Gasteiger partial charge in [-0.2, -0.15) is 0 Å². The fraction of sp³-hybridized carbons (Fsp3) is 0.0625. The average Bonchev–Trinajstić information content (AvgIpc) is 4.07. The van der Waals surface area contributed by atoms with Crippen molar-refractivity contribution < 1.29 is 4.42 Å². The van der Waals surface area contributed by atoms with Crippen LogP contribution < -0.4 is 4.90 Å². The predicted molar refractivity (Wildman–Crippen MR) is 273 cm³/mol. The Balaban J connectivity index is 0.890. The Morgan fingerprint density at radius 1 is 0.348 bits per heavy atom. The van der Waals surface area contributed by atoms with E-state index in [1.807, 2.05) is 6.07 Å². The van der Waals surface area contributed by atoms with E-state index >= 15 is 0 Å². The van der Waals surface area contributed by atoms with Crippen LogP contribution in [0.5, 0.6) is 0 Å². The van der Waals surface area contributed by atoms with Crippen molar-refractivity contribution in [3.8, 4) is 55.6 Å². The molecule has 0 amide bonds. The van der Waals surface area contributed by atoms with E-state index in [2.05, 4.69) is 237 Å². The minimum absolute atomic E-state index is 0.195. The van der Waals surface area contributed by atoms with Crippen LogP contribution in [-0.2, 0) is 10.8 Å². The third-order valence-corrected chi connectivity index (χ3v) is 15.1. The smallest absolute Gasteiger partial charge is 0.159 e. The molecule has 1 aromatic heterocycles. The molecule has 310 valence electrons. The second-order valence-corrected chi connectivity index (χ2v) is 18.7. The summed E-state index contributed by atoms with van der Waals surface area (Å²) in [7, 11) is 0. The number of anilines is 3. The number of nitrogens with zero attached hydrogens (tertiary/aromatic N) is 1. The first-order valence-electron chi connectivity index (χ1n) is 23.1. The number of fused-ring (bicyclic) bond motifs is 17. The highest BCUT2D eigenvalue weighted by Crippen LogP contribution is 2.66. The molecule has 0 saturated heterocycles. The van der Waals surface area contributed by atoms with Crippen LogP contribution >= 0.6 is 0 Å². The molecule has 66 heavy (non-hydrogen) atoms. The van der Waals surface area contributed by atoms with E-state index in [0.29, 0.717) is 0 Å². The fourth-order valence-electron chi connectivity index (χ4n) is 12.2. The van der Waals surface area contributed by atoms with Crippen molar-refractivity contribution in [3.63, 3.8) is 0 Å². The van der Waals surface area contributed by atoms with Crippen LogP contribution in [0.1, 0.15) is 47.2 Å². The Bertz CT molecular complexity index is 3730. The largest absolute Gasteiger partial charge is 0.454 e. The minimum atomic E-state index is -0.365. The molecule has 1 heterocycles. The number of rotatable bonds is 5. The molecule has 10 aromatic carbocycles. The first kappa shape index (κ1) is 37.2. The van der Waals surface area contributed by atoms with E-state index < -0.39 is 0 Å². The molecule has 0 aliphatic heterocycles. The maximum absolute atomic E-state index is 6.65. The number of benzene rings is 10. The van der Waals surface area contributed by atoms with Gasteiger partial charge in [0.05, 0.1) is 11.1 Å². The zero-order valence-electron chi connectivity index (χ0n) is 36.7. The number of furan rings is 1. The van der Waals surface area contributed by atoms with E-state index in [0.717, 1.165) is 39.0 Å². The molecule has 3 aliphatic carbocycles. The van der Waals surface area contributed by atoms with Gasteiger partial charge in [0.1, 0.15) is 5.58 Å². The van der Waals surface area contributed by atoms with Gasteiger partial charge in [0.25, 0.3) is 0 Å². The zero-order valence-corrected chi connectivity index (χ0v) is 36.7. The molecular formula is C64H43NO. The van der Waals surface area contributed by atoms with Gasteiger partial charge in [0.15, 0.2) is 5.58 Å². The molecule has 0 N–H and O–H groups in total. The van der Waals surface area contributed by atoms with Crippen molar-refractivity contribution in [2.24, 2.45) is 0 Å². The van der Waals surface area contributed by atoms with Crippen LogP contribution in [0, 0.1) is 0 Å². The SMILES string of the molecule is CC1(C)c2cc(-c3ccc(N(c4ccc(-c5ccccc5)cc4)c4cccc5c4oc4ccccc45)cc3)ccc2-c2c1ccc1c2-c2ccccc2C12c1ccccc1-c1ccccc12. The Morgan fingerprint density at radius 3 is 1.55 bits per heavy atom. The lowest BCUT2D eigenvalue weighted by atomic mass is 9.70. The highest BCUT2D eigenvalue weighted by atomic mass is 16.3. The standard InChI is InChI=1S/C64H43NO/c1-63(2)55-37-38-56-61(50-20-8-12-24-54(50)64(56)52-22-10-6-17-46(52)47-18-7-11-23-53(47)64)60(55)51-36-31-43(39-57(51)63)42-29-34-45(35-30-42)65(44-32-27-41(28-33-44)40-15-4-3-5-16-40)58-25-14-21-49-48-19-9-13-26-59(48)66-62(49)58/h3-39H,1-2H3. The highest BCUT2D eigenvalue weighted by molar-refractivity contribution is 6.10. The van der Waals surface area contributed by atoms with E-state index in [1.165, 1.54) is 89.0 Å². The van der Waals surface area contributed by atoms with Gasteiger partial charge in [-0.1, -0.05) is 196 Å². The van der Waals surface area contributed by atoms with E-state index in [1.54, 1.807) is 0 Å². The van der Waals surface area contributed by atoms with Crippen molar-refractivity contribution >= 4 is 39.0 Å². The summed E-state index contributed by atoms with van der Waals surface area (Å²) >= 11 is 0. The third kappa shape index (κ3) is 4.96. The van der Waals surface area contributed by atoms with Crippen LogP contribution in [0.25, 0.3) is 77.6 Å². The van der Waals surface area contributed by atoms with Gasteiger partial charge in [0, 0.05) is 27.6 Å².